The van der Waals surface area contributed by atoms with E-state index in [0.29, 0.717) is 4.64 Å². The average Bonchev–Trinajstić information content (AvgIpc) is 2.39. The van der Waals surface area contributed by atoms with Gasteiger partial charge in [-0.1, -0.05) is 30.4 Å². The number of nitrogens with zero attached hydrogens (tertiary/aromatic N) is 2. The summed E-state index contributed by atoms with van der Waals surface area (Å²) >= 11 is 5.28. The molecule has 0 fully saturated rings. The van der Waals surface area contributed by atoms with Crippen molar-refractivity contribution in [1.29, 1.82) is 0 Å². The Morgan fingerprint density at radius 2 is 2.00 bits per heavy atom. The van der Waals surface area contributed by atoms with Gasteiger partial charge in [0.2, 0.25) is 0 Å². The summed E-state index contributed by atoms with van der Waals surface area (Å²) in [6.07, 6.45) is 5.16. The van der Waals surface area contributed by atoms with Gasteiger partial charge in [-0.3, -0.25) is 4.98 Å². The first-order valence-electron chi connectivity index (χ1n) is 5.23. The number of nitrogens with one attached hydrogen (secondary N) is 1. The van der Waals surface area contributed by atoms with Crippen LogP contribution in [-0.2, 0) is 0 Å². The van der Waals surface area contributed by atoms with E-state index in [-0.39, 0.29) is 0 Å². The van der Waals surface area contributed by atoms with Crippen molar-refractivity contribution in [2.75, 3.05) is 0 Å². The smallest absolute Gasteiger partial charge is 0.113 e. The Bertz CT molecular complexity index is 728. The van der Waals surface area contributed by atoms with Gasteiger partial charge in [0.15, 0.2) is 0 Å². The molecule has 0 saturated heterocycles. The molecule has 1 N–H and O–H groups in total. The van der Waals surface area contributed by atoms with Crippen LogP contribution in [0.5, 0.6) is 0 Å². The second kappa shape index (κ2) is 4.07. The van der Waals surface area contributed by atoms with Crippen molar-refractivity contribution in [3.05, 3.63) is 53.7 Å². The number of H-pyrrole nitrogens is 1. The molecule has 17 heavy (non-hydrogen) atoms. The Kier molecular flexibility index (Phi) is 2.42. The summed E-state index contributed by atoms with van der Waals surface area (Å²) in [6, 6.07) is 9.97. The molecule has 3 aromatic rings. The van der Waals surface area contributed by atoms with Crippen LogP contribution in [-0.4, -0.2) is 15.0 Å². The standard InChI is InChI=1S/C13H9N3S/c17-13-11(7-14-8-16-13)9-3-1-5-12-10(9)4-2-6-15-12/h1-8H,(H,14,16,17). The first-order chi connectivity index (χ1) is 8.36. The molecule has 3 rings (SSSR count). The minimum absolute atomic E-state index is 0.691. The molecule has 0 radical (unpaired) electrons. The van der Waals surface area contributed by atoms with Crippen molar-refractivity contribution in [2.45, 2.75) is 0 Å². The Labute approximate surface area is 103 Å². The van der Waals surface area contributed by atoms with E-state index in [1.165, 1.54) is 0 Å². The molecule has 0 aliphatic carbocycles. The van der Waals surface area contributed by atoms with Crippen molar-refractivity contribution in [3.63, 3.8) is 0 Å². The topological polar surface area (TPSA) is 41.6 Å². The van der Waals surface area contributed by atoms with Crippen LogP contribution in [0.2, 0.25) is 0 Å². The lowest BCUT2D eigenvalue weighted by atomic mass is 10.0. The van der Waals surface area contributed by atoms with Gasteiger partial charge in [0.05, 0.1) is 11.8 Å². The van der Waals surface area contributed by atoms with E-state index in [9.17, 15) is 0 Å². The molecule has 0 amide bonds. The molecule has 0 aliphatic rings. The van der Waals surface area contributed by atoms with Crippen molar-refractivity contribution < 1.29 is 0 Å². The highest BCUT2D eigenvalue weighted by molar-refractivity contribution is 7.71. The van der Waals surface area contributed by atoms with Crippen LogP contribution >= 0.6 is 12.2 Å². The Hall–Kier alpha value is -2.07. The second-order valence-corrected chi connectivity index (χ2v) is 4.08. The molecule has 4 heteroatoms. The van der Waals surface area contributed by atoms with Crippen molar-refractivity contribution in [1.82, 2.24) is 15.0 Å². The Morgan fingerprint density at radius 1 is 1.06 bits per heavy atom. The van der Waals surface area contributed by atoms with Crippen molar-refractivity contribution in [2.24, 2.45) is 0 Å². The molecule has 0 bridgehead atoms. The number of benzene rings is 1. The molecule has 2 heterocycles. The lowest BCUT2D eigenvalue weighted by molar-refractivity contribution is 1.15. The van der Waals surface area contributed by atoms with Crippen LogP contribution in [0.25, 0.3) is 22.0 Å². The number of hydrogen-bond donors (Lipinski definition) is 1. The minimum Gasteiger partial charge on any atom is -0.337 e. The minimum atomic E-state index is 0.691. The van der Waals surface area contributed by atoms with Gasteiger partial charge in [-0.25, -0.2) is 4.98 Å². The van der Waals surface area contributed by atoms with E-state index >= 15 is 0 Å². The molecule has 3 nitrogen and oxygen atoms in total. The van der Waals surface area contributed by atoms with Crippen molar-refractivity contribution in [3.8, 4) is 11.1 Å². The fraction of sp³-hybridized carbons (Fsp3) is 0. The Morgan fingerprint density at radius 3 is 2.88 bits per heavy atom. The molecule has 0 unspecified atom stereocenters. The summed E-state index contributed by atoms with van der Waals surface area (Å²) in [5, 5.41) is 1.09. The van der Waals surface area contributed by atoms with E-state index in [0.717, 1.165) is 22.0 Å². The third kappa shape index (κ3) is 1.72. The molecule has 1 aromatic carbocycles. The van der Waals surface area contributed by atoms with Gasteiger partial charge in [-0.2, -0.15) is 0 Å². The first-order valence-corrected chi connectivity index (χ1v) is 5.64. The zero-order chi connectivity index (χ0) is 11.7. The van der Waals surface area contributed by atoms with Crippen LogP contribution in [0.1, 0.15) is 0 Å². The van der Waals surface area contributed by atoms with Gasteiger partial charge in [0.25, 0.3) is 0 Å². The fourth-order valence-electron chi connectivity index (χ4n) is 1.87. The average molecular weight is 239 g/mol. The lowest BCUT2D eigenvalue weighted by Crippen LogP contribution is -1.87. The lowest BCUT2D eigenvalue weighted by Gasteiger charge is -2.05. The Balaban J connectivity index is 2.39. The molecule has 0 aliphatic heterocycles. The maximum Gasteiger partial charge on any atom is 0.113 e. The van der Waals surface area contributed by atoms with Gasteiger partial charge in [-0.05, 0) is 17.7 Å². The maximum absolute atomic E-state index is 5.28. The van der Waals surface area contributed by atoms with Gasteiger partial charge in [-0.15, -0.1) is 0 Å². The predicted octanol–water partition coefficient (Wildman–Crippen LogP) is 3.35. The number of pyridine rings is 1. The van der Waals surface area contributed by atoms with Gasteiger partial charge in [0.1, 0.15) is 4.64 Å². The SMILES string of the molecule is S=c1[nH]cncc1-c1cccc2ncccc12. The zero-order valence-electron chi connectivity index (χ0n) is 8.92. The summed E-state index contributed by atoms with van der Waals surface area (Å²) in [7, 11) is 0. The number of fused-ring (bicyclic) bond motifs is 1. The van der Waals surface area contributed by atoms with E-state index < -0.39 is 0 Å². The van der Waals surface area contributed by atoms with Crippen molar-refractivity contribution >= 4 is 23.1 Å². The van der Waals surface area contributed by atoms with Crippen LogP contribution < -0.4 is 0 Å². The molecule has 82 valence electrons. The first kappa shape index (κ1) is 10.1. The molecule has 2 aromatic heterocycles. The van der Waals surface area contributed by atoms with Gasteiger partial charge >= 0.3 is 0 Å². The monoisotopic (exact) mass is 239 g/mol. The quantitative estimate of drug-likeness (QED) is 0.662. The molecule has 0 atom stereocenters. The molecule has 0 saturated carbocycles. The maximum atomic E-state index is 5.28. The number of aromatic nitrogens is 3. The summed E-state index contributed by atoms with van der Waals surface area (Å²) in [4.78, 5) is 11.4. The summed E-state index contributed by atoms with van der Waals surface area (Å²) in [6.45, 7) is 0. The highest BCUT2D eigenvalue weighted by Crippen LogP contribution is 2.26. The largest absolute Gasteiger partial charge is 0.337 e. The summed E-state index contributed by atoms with van der Waals surface area (Å²) < 4.78 is 0.691. The fourth-order valence-corrected chi connectivity index (χ4v) is 2.09. The summed E-state index contributed by atoms with van der Waals surface area (Å²) in [5.41, 5.74) is 2.95. The number of hydrogen-bond acceptors (Lipinski definition) is 3. The zero-order valence-corrected chi connectivity index (χ0v) is 9.74. The van der Waals surface area contributed by atoms with Crippen LogP contribution in [0, 0.1) is 4.64 Å². The number of rotatable bonds is 1. The highest BCUT2D eigenvalue weighted by atomic mass is 32.1. The van der Waals surface area contributed by atoms with E-state index in [1.807, 2.05) is 30.3 Å². The normalized spacial score (nSPS) is 10.6. The third-order valence-corrected chi connectivity index (χ3v) is 2.99. The van der Waals surface area contributed by atoms with E-state index in [1.54, 1.807) is 18.7 Å². The van der Waals surface area contributed by atoms with E-state index in [4.69, 9.17) is 12.2 Å². The third-order valence-electron chi connectivity index (χ3n) is 2.65. The van der Waals surface area contributed by atoms with E-state index in [2.05, 4.69) is 15.0 Å². The molecular weight excluding hydrogens is 230 g/mol. The number of aromatic amines is 1. The van der Waals surface area contributed by atoms with Crippen LogP contribution in [0.15, 0.2) is 49.1 Å². The highest BCUT2D eigenvalue weighted by Gasteiger charge is 2.05. The molecule has 0 spiro atoms. The van der Waals surface area contributed by atoms with Crippen LogP contribution in [0.3, 0.4) is 0 Å². The van der Waals surface area contributed by atoms with Gasteiger partial charge in [0, 0.05) is 23.3 Å². The predicted molar refractivity (Wildman–Crippen MR) is 70.2 cm³/mol. The van der Waals surface area contributed by atoms with Gasteiger partial charge < -0.3 is 4.98 Å². The molecular formula is C13H9N3S. The summed E-state index contributed by atoms with van der Waals surface area (Å²) in [5.74, 6) is 0. The second-order valence-electron chi connectivity index (χ2n) is 3.67. The van der Waals surface area contributed by atoms with Crippen LogP contribution in [0.4, 0.5) is 0 Å².